The van der Waals surface area contributed by atoms with Crippen LogP contribution >= 0.6 is 0 Å². The molecule has 0 aliphatic carbocycles. The lowest BCUT2D eigenvalue weighted by atomic mass is 10.4. The van der Waals surface area contributed by atoms with Crippen molar-refractivity contribution in [3.05, 3.63) is 0 Å². The van der Waals surface area contributed by atoms with E-state index in [1.807, 2.05) is 6.92 Å². The maximum absolute atomic E-state index is 11.1. The summed E-state index contributed by atoms with van der Waals surface area (Å²) >= 11 is 0. The molecule has 0 aromatic rings. The van der Waals surface area contributed by atoms with Gasteiger partial charge in [0.25, 0.3) is 0 Å². The highest BCUT2D eigenvalue weighted by molar-refractivity contribution is 7.88. The SMILES string of the molecule is CCCCS(=O)(=O)N(C)OC. The van der Waals surface area contributed by atoms with Gasteiger partial charge in [0.15, 0.2) is 0 Å². The van der Waals surface area contributed by atoms with Gasteiger partial charge in [0.05, 0.1) is 12.9 Å². The first-order chi connectivity index (χ1) is 5.04. The minimum Gasteiger partial charge on any atom is -0.288 e. The van der Waals surface area contributed by atoms with Crippen molar-refractivity contribution in [3.63, 3.8) is 0 Å². The van der Waals surface area contributed by atoms with Crippen LogP contribution in [0.15, 0.2) is 0 Å². The topological polar surface area (TPSA) is 46.6 Å². The zero-order chi connectivity index (χ0) is 8.91. The molecule has 0 spiro atoms. The van der Waals surface area contributed by atoms with Gasteiger partial charge in [-0.05, 0) is 6.42 Å². The number of unbranched alkanes of at least 4 members (excludes halogenated alkanes) is 1. The molecule has 0 N–H and O–H groups in total. The zero-order valence-electron chi connectivity index (χ0n) is 7.20. The molecule has 0 aliphatic heterocycles. The van der Waals surface area contributed by atoms with E-state index in [0.717, 1.165) is 10.9 Å². The Labute approximate surface area is 68.2 Å². The molecule has 0 atom stereocenters. The van der Waals surface area contributed by atoms with Gasteiger partial charge in [-0.1, -0.05) is 17.8 Å². The van der Waals surface area contributed by atoms with Crippen molar-refractivity contribution in [3.8, 4) is 0 Å². The Morgan fingerprint density at radius 2 is 2.00 bits per heavy atom. The molecular weight excluding hydrogens is 166 g/mol. The van der Waals surface area contributed by atoms with E-state index < -0.39 is 10.0 Å². The van der Waals surface area contributed by atoms with Gasteiger partial charge in [-0.2, -0.15) is 0 Å². The molecule has 0 aliphatic rings. The van der Waals surface area contributed by atoms with E-state index in [0.29, 0.717) is 6.42 Å². The molecule has 11 heavy (non-hydrogen) atoms. The number of hydroxylamine groups is 1. The van der Waals surface area contributed by atoms with Crippen LogP contribution in [0.25, 0.3) is 0 Å². The Bertz CT molecular complexity index is 188. The number of hydrogen-bond acceptors (Lipinski definition) is 3. The Morgan fingerprint density at radius 3 is 2.36 bits per heavy atom. The van der Waals surface area contributed by atoms with Crippen molar-refractivity contribution in [2.45, 2.75) is 19.8 Å². The highest BCUT2D eigenvalue weighted by Gasteiger charge is 2.15. The number of rotatable bonds is 5. The Kier molecular flexibility index (Phi) is 4.63. The number of nitrogens with zero attached hydrogens (tertiary/aromatic N) is 1. The van der Waals surface area contributed by atoms with Crippen LogP contribution in [0.2, 0.25) is 0 Å². The van der Waals surface area contributed by atoms with Crippen LogP contribution in [-0.2, 0) is 14.9 Å². The van der Waals surface area contributed by atoms with Gasteiger partial charge in [0.1, 0.15) is 0 Å². The predicted octanol–water partition coefficient (Wildman–Crippen LogP) is 0.610. The minimum absolute atomic E-state index is 0.161. The first-order valence-corrected chi connectivity index (χ1v) is 5.16. The molecule has 0 aromatic heterocycles. The van der Waals surface area contributed by atoms with Gasteiger partial charge < -0.3 is 0 Å². The van der Waals surface area contributed by atoms with Crippen LogP contribution in [-0.4, -0.2) is 32.8 Å². The van der Waals surface area contributed by atoms with E-state index in [2.05, 4.69) is 4.84 Å². The summed E-state index contributed by atoms with van der Waals surface area (Å²) in [6.07, 6.45) is 1.55. The van der Waals surface area contributed by atoms with Crippen molar-refractivity contribution < 1.29 is 13.3 Å². The third kappa shape index (κ3) is 3.69. The summed E-state index contributed by atoms with van der Waals surface area (Å²) in [4.78, 5) is 4.56. The molecule has 0 bridgehead atoms. The van der Waals surface area contributed by atoms with Gasteiger partial charge in [-0.3, -0.25) is 4.84 Å². The molecule has 0 fully saturated rings. The molecule has 0 heterocycles. The zero-order valence-corrected chi connectivity index (χ0v) is 8.02. The van der Waals surface area contributed by atoms with Gasteiger partial charge >= 0.3 is 0 Å². The largest absolute Gasteiger partial charge is 0.288 e. The van der Waals surface area contributed by atoms with E-state index in [4.69, 9.17) is 0 Å². The van der Waals surface area contributed by atoms with E-state index in [1.54, 1.807) is 0 Å². The second-order valence-electron chi connectivity index (χ2n) is 2.26. The Hall–Kier alpha value is -0.130. The second kappa shape index (κ2) is 4.69. The number of sulfonamides is 1. The van der Waals surface area contributed by atoms with Crippen molar-refractivity contribution in [1.29, 1.82) is 0 Å². The summed E-state index contributed by atoms with van der Waals surface area (Å²) in [6, 6.07) is 0. The fourth-order valence-electron chi connectivity index (χ4n) is 0.569. The summed E-state index contributed by atoms with van der Waals surface area (Å²) in [5.74, 6) is 0.161. The second-order valence-corrected chi connectivity index (χ2v) is 4.35. The van der Waals surface area contributed by atoms with E-state index in [1.165, 1.54) is 14.2 Å². The van der Waals surface area contributed by atoms with Gasteiger partial charge in [-0.25, -0.2) is 8.42 Å². The normalized spacial score (nSPS) is 12.4. The summed E-state index contributed by atoms with van der Waals surface area (Å²) in [6.45, 7) is 1.95. The number of hydrogen-bond donors (Lipinski definition) is 0. The van der Waals surface area contributed by atoms with Crippen molar-refractivity contribution in [2.75, 3.05) is 19.9 Å². The highest BCUT2D eigenvalue weighted by Crippen LogP contribution is 2.01. The average Bonchev–Trinajstić information content (AvgIpc) is 1.99. The van der Waals surface area contributed by atoms with Crippen molar-refractivity contribution in [2.24, 2.45) is 0 Å². The quantitative estimate of drug-likeness (QED) is 0.584. The fourth-order valence-corrected chi connectivity index (χ4v) is 1.71. The first kappa shape index (κ1) is 10.9. The smallest absolute Gasteiger partial charge is 0.235 e. The maximum Gasteiger partial charge on any atom is 0.235 e. The van der Waals surface area contributed by atoms with Crippen LogP contribution < -0.4 is 0 Å². The third-order valence-electron chi connectivity index (χ3n) is 1.40. The summed E-state index contributed by atoms with van der Waals surface area (Å²) in [5.41, 5.74) is 0. The molecule has 0 rings (SSSR count). The lowest BCUT2D eigenvalue weighted by molar-refractivity contribution is -0.0258. The van der Waals surface area contributed by atoms with E-state index in [9.17, 15) is 8.42 Å². The summed E-state index contributed by atoms with van der Waals surface area (Å²) < 4.78 is 23.1. The first-order valence-electron chi connectivity index (χ1n) is 3.55. The molecule has 0 saturated heterocycles. The van der Waals surface area contributed by atoms with Gasteiger partial charge in [-0.15, -0.1) is 0 Å². The minimum atomic E-state index is -3.16. The molecule has 0 amide bonds. The summed E-state index contributed by atoms with van der Waals surface area (Å²) in [5, 5.41) is 0. The molecule has 68 valence electrons. The molecule has 5 heteroatoms. The third-order valence-corrected chi connectivity index (χ3v) is 3.14. The molecule has 0 unspecified atom stereocenters. The van der Waals surface area contributed by atoms with Gasteiger partial charge in [0, 0.05) is 7.05 Å². The Morgan fingerprint density at radius 1 is 1.45 bits per heavy atom. The van der Waals surface area contributed by atoms with Crippen LogP contribution in [0, 0.1) is 0 Å². The molecular formula is C6H15NO3S. The monoisotopic (exact) mass is 181 g/mol. The van der Waals surface area contributed by atoms with Crippen LogP contribution in [0.3, 0.4) is 0 Å². The standard InChI is InChI=1S/C6H15NO3S/c1-4-5-6-11(8,9)7(2)10-3/h4-6H2,1-3H3. The van der Waals surface area contributed by atoms with E-state index >= 15 is 0 Å². The van der Waals surface area contributed by atoms with Crippen molar-refractivity contribution in [1.82, 2.24) is 4.47 Å². The van der Waals surface area contributed by atoms with Crippen LogP contribution in [0.5, 0.6) is 0 Å². The molecule has 0 radical (unpaired) electrons. The lowest BCUT2D eigenvalue weighted by Crippen LogP contribution is -2.28. The molecule has 4 nitrogen and oxygen atoms in total. The Balaban J connectivity index is 4.01. The molecule has 0 saturated carbocycles. The van der Waals surface area contributed by atoms with E-state index in [-0.39, 0.29) is 5.75 Å². The summed E-state index contributed by atoms with van der Waals surface area (Å²) in [7, 11) is -0.431. The molecule has 0 aromatic carbocycles. The maximum atomic E-state index is 11.1. The van der Waals surface area contributed by atoms with Gasteiger partial charge in [0.2, 0.25) is 10.0 Å². The highest BCUT2D eigenvalue weighted by atomic mass is 32.2. The van der Waals surface area contributed by atoms with Crippen LogP contribution in [0.4, 0.5) is 0 Å². The average molecular weight is 181 g/mol. The van der Waals surface area contributed by atoms with Crippen LogP contribution in [0.1, 0.15) is 19.8 Å². The predicted molar refractivity (Wildman–Crippen MR) is 43.5 cm³/mol. The van der Waals surface area contributed by atoms with Crippen molar-refractivity contribution >= 4 is 10.0 Å². The lowest BCUT2D eigenvalue weighted by Gasteiger charge is -2.12. The fraction of sp³-hybridized carbons (Fsp3) is 1.00.